The van der Waals surface area contributed by atoms with Crippen LogP contribution in [0.3, 0.4) is 0 Å². The van der Waals surface area contributed by atoms with Gasteiger partial charge < -0.3 is 5.32 Å². The van der Waals surface area contributed by atoms with Gasteiger partial charge in [0.05, 0.1) is 6.04 Å². The summed E-state index contributed by atoms with van der Waals surface area (Å²) in [7, 11) is 0. The minimum absolute atomic E-state index is 0.361. The van der Waals surface area contributed by atoms with Gasteiger partial charge in [0.15, 0.2) is 0 Å². The molecule has 1 aliphatic carbocycles. The number of benzene rings is 1. The van der Waals surface area contributed by atoms with Crippen LogP contribution in [0.15, 0.2) is 35.9 Å². The Morgan fingerprint density at radius 1 is 1.11 bits per heavy atom. The van der Waals surface area contributed by atoms with Gasteiger partial charge in [-0.05, 0) is 49.9 Å². The lowest BCUT2D eigenvalue weighted by atomic mass is 9.91. The first kappa shape index (κ1) is 14.6. The second-order valence-corrected chi connectivity index (χ2v) is 5.71. The Labute approximate surface area is 122 Å². The molecule has 104 valence electrons. The molecule has 0 saturated carbocycles. The van der Waals surface area contributed by atoms with E-state index in [2.05, 4.69) is 30.4 Å². The molecule has 2 heteroatoms. The van der Waals surface area contributed by atoms with Crippen molar-refractivity contribution >= 4 is 11.6 Å². The summed E-state index contributed by atoms with van der Waals surface area (Å²) in [5, 5.41) is 4.44. The van der Waals surface area contributed by atoms with Crippen LogP contribution in [0, 0.1) is 0 Å². The number of halogens is 1. The molecule has 1 atom stereocenters. The van der Waals surface area contributed by atoms with E-state index in [1.54, 1.807) is 5.57 Å². The smallest absolute Gasteiger partial charge is 0.0535 e. The summed E-state index contributed by atoms with van der Waals surface area (Å²) in [5.41, 5.74) is 2.89. The van der Waals surface area contributed by atoms with E-state index in [1.165, 1.54) is 44.1 Å². The molecule has 1 unspecified atom stereocenters. The maximum atomic E-state index is 5.99. The van der Waals surface area contributed by atoms with Crippen LogP contribution in [0.25, 0.3) is 0 Å². The molecule has 2 rings (SSSR count). The maximum absolute atomic E-state index is 5.99. The van der Waals surface area contributed by atoms with Crippen LogP contribution in [-0.2, 0) is 0 Å². The van der Waals surface area contributed by atoms with E-state index in [9.17, 15) is 0 Å². The quantitative estimate of drug-likeness (QED) is 0.739. The van der Waals surface area contributed by atoms with Crippen molar-refractivity contribution < 1.29 is 0 Å². The van der Waals surface area contributed by atoms with Crippen molar-refractivity contribution in [2.24, 2.45) is 0 Å². The van der Waals surface area contributed by atoms with Gasteiger partial charge in [-0.1, -0.05) is 55.1 Å². The molecular weight excluding hydrogens is 254 g/mol. The van der Waals surface area contributed by atoms with Crippen molar-refractivity contribution in [1.82, 2.24) is 5.32 Å². The van der Waals surface area contributed by atoms with Gasteiger partial charge in [0, 0.05) is 5.02 Å². The number of allylic oxidation sites excluding steroid dienone is 1. The van der Waals surface area contributed by atoms with Gasteiger partial charge in [-0.3, -0.25) is 0 Å². The molecule has 1 nitrogen and oxygen atoms in total. The van der Waals surface area contributed by atoms with E-state index < -0.39 is 0 Å². The maximum Gasteiger partial charge on any atom is 0.0535 e. The average Bonchev–Trinajstić information content (AvgIpc) is 2.38. The van der Waals surface area contributed by atoms with Crippen LogP contribution in [0.1, 0.15) is 57.1 Å². The summed E-state index contributed by atoms with van der Waals surface area (Å²) < 4.78 is 0. The van der Waals surface area contributed by atoms with Crippen molar-refractivity contribution in [3.63, 3.8) is 0 Å². The molecule has 1 aliphatic rings. The predicted molar refractivity (Wildman–Crippen MR) is 83.7 cm³/mol. The first-order valence-electron chi connectivity index (χ1n) is 7.49. The third kappa shape index (κ3) is 4.36. The van der Waals surface area contributed by atoms with E-state index in [-0.39, 0.29) is 0 Å². The lowest BCUT2D eigenvalue weighted by molar-refractivity contribution is 0.554. The number of hydrogen-bond acceptors (Lipinski definition) is 1. The van der Waals surface area contributed by atoms with Crippen molar-refractivity contribution in [3.8, 4) is 0 Å². The van der Waals surface area contributed by atoms with Gasteiger partial charge in [-0.15, -0.1) is 0 Å². The molecule has 0 heterocycles. The van der Waals surface area contributed by atoms with Crippen LogP contribution in [0.2, 0.25) is 5.02 Å². The fourth-order valence-corrected chi connectivity index (χ4v) is 2.93. The molecule has 0 bridgehead atoms. The van der Waals surface area contributed by atoms with E-state index >= 15 is 0 Å². The molecule has 0 fully saturated rings. The Morgan fingerprint density at radius 2 is 1.84 bits per heavy atom. The highest BCUT2D eigenvalue weighted by molar-refractivity contribution is 6.30. The first-order valence-corrected chi connectivity index (χ1v) is 7.87. The summed E-state index contributed by atoms with van der Waals surface area (Å²) >= 11 is 5.99. The summed E-state index contributed by atoms with van der Waals surface area (Å²) in [4.78, 5) is 0. The lowest BCUT2D eigenvalue weighted by Crippen LogP contribution is -2.23. The Morgan fingerprint density at radius 3 is 2.58 bits per heavy atom. The van der Waals surface area contributed by atoms with Gasteiger partial charge in [0.25, 0.3) is 0 Å². The zero-order valence-corrected chi connectivity index (χ0v) is 12.5. The molecule has 0 aromatic heterocycles. The summed E-state index contributed by atoms with van der Waals surface area (Å²) in [6.45, 7) is 3.16. The van der Waals surface area contributed by atoms with Gasteiger partial charge in [0.2, 0.25) is 0 Å². The topological polar surface area (TPSA) is 12.0 Å². The summed E-state index contributed by atoms with van der Waals surface area (Å²) in [6.07, 6.45) is 10.3. The molecular formula is C17H24ClN. The fraction of sp³-hybridized carbons (Fsp3) is 0.529. The number of likely N-dealkylation sites (N-methyl/N-ethyl adjacent to an activating group) is 1. The highest BCUT2D eigenvalue weighted by Gasteiger charge is 2.16. The Balaban J connectivity index is 2.20. The van der Waals surface area contributed by atoms with Gasteiger partial charge in [-0.2, -0.15) is 0 Å². The number of rotatable bonds is 4. The van der Waals surface area contributed by atoms with Crippen molar-refractivity contribution in [2.75, 3.05) is 6.54 Å². The van der Waals surface area contributed by atoms with Gasteiger partial charge in [0.1, 0.15) is 0 Å². The van der Waals surface area contributed by atoms with Crippen molar-refractivity contribution in [3.05, 3.63) is 46.5 Å². The van der Waals surface area contributed by atoms with E-state index in [4.69, 9.17) is 11.6 Å². The highest BCUT2D eigenvalue weighted by atomic mass is 35.5. The fourth-order valence-electron chi connectivity index (χ4n) is 2.80. The van der Waals surface area contributed by atoms with E-state index in [0.29, 0.717) is 6.04 Å². The van der Waals surface area contributed by atoms with Crippen LogP contribution < -0.4 is 5.32 Å². The van der Waals surface area contributed by atoms with Crippen LogP contribution >= 0.6 is 11.6 Å². The second kappa shape index (κ2) is 7.72. The second-order valence-electron chi connectivity index (χ2n) is 5.27. The monoisotopic (exact) mass is 277 g/mol. The molecule has 0 amide bonds. The van der Waals surface area contributed by atoms with E-state index in [1.807, 2.05) is 12.1 Å². The number of nitrogens with one attached hydrogen (secondary N) is 1. The van der Waals surface area contributed by atoms with Crippen LogP contribution in [-0.4, -0.2) is 6.54 Å². The largest absolute Gasteiger partial charge is 0.307 e. The standard InChI is InChI=1S/C17H24ClN/c1-2-19-17(15-10-12-16(18)13-11-15)14-8-6-4-3-5-7-9-14/h8,10-13,17,19H,2-7,9H2,1H3/b14-8+. The zero-order chi connectivity index (χ0) is 13.5. The third-order valence-electron chi connectivity index (χ3n) is 3.81. The Bertz CT molecular complexity index is 408. The Kier molecular flexibility index (Phi) is 5.93. The molecule has 1 aromatic rings. The van der Waals surface area contributed by atoms with Gasteiger partial charge >= 0.3 is 0 Å². The summed E-state index contributed by atoms with van der Waals surface area (Å²) in [6, 6.07) is 8.64. The molecule has 0 aliphatic heterocycles. The van der Waals surface area contributed by atoms with Crippen molar-refractivity contribution in [1.29, 1.82) is 0 Å². The molecule has 1 aromatic carbocycles. The number of hydrogen-bond donors (Lipinski definition) is 1. The summed E-state index contributed by atoms with van der Waals surface area (Å²) in [5.74, 6) is 0. The highest BCUT2D eigenvalue weighted by Crippen LogP contribution is 2.29. The molecule has 0 radical (unpaired) electrons. The predicted octanol–water partition coefficient (Wildman–Crippen LogP) is 5.27. The lowest BCUT2D eigenvalue weighted by Gasteiger charge is -2.23. The first-order chi connectivity index (χ1) is 9.31. The minimum Gasteiger partial charge on any atom is -0.307 e. The van der Waals surface area contributed by atoms with Crippen LogP contribution in [0.5, 0.6) is 0 Å². The van der Waals surface area contributed by atoms with E-state index in [0.717, 1.165) is 11.6 Å². The Hall–Kier alpha value is -0.790. The minimum atomic E-state index is 0.361. The molecule has 1 N–H and O–H groups in total. The molecule has 19 heavy (non-hydrogen) atoms. The SMILES string of the molecule is CCNC(/C1=C/CCCCCC1)c1ccc(Cl)cc1. The normalized spacial score (nSPS) is 21.1. The molecule has 0 saturated heterocycles. The third-order valence-corrected chi connectivity index (χ3v) is 4.06. The van der Waals surface area contributed by atoms with Crippen molar-refractivity contribution in [2.45, 2.75) is 51.5 Å². The van der Waals surface area contributed by atoms with Crippen LogP contribution in [0.4, 0.5) is 0 Å². The zero-order valence-electron chi connectivity index (χ0n) is 11.8. The van der Waals surface area contributed by atoms with Gasteiger partial charge in [-0.25, -0.2) is 0 Å². The average molecular weight is 278 g/mol. The molecule has 0 spiro atoms.